The lowest BCUT2D eigenvalue weighted by atomic mass is 9.97. The number of hydrogen-bond acceptors (Lipinski definition) is 2. The zero-order chi connectivity index (χ0) is 13.2. The van der Waals surface area contributed by atoms with E-state index in [1.165, 1.54) is 16.3 Å². The van der Waals surface area contributed by atoms with Crippen molar-refractivity contribution >= 4 is 10.8 Å². The van der Waals surface area contributed by atoms with Crippen LogP contribution in [0.5, 0.6) is 0 Å². The number of aromatic nitrogens is 2. The van der Waals surface area contributed by atoms with Gasteiger partial charge in [0.05, 0.1) is 0 Å². The van der Waals surface area contributed by atoms with Gasteiger partial charge in [-0.2, -0.15) is 0 Å². The van der Waals surface area contributed by atoms with Crippen LogP contribution < -0.4 is 5.73 Å². The number of aryl methyl sites for hydroxylation is 1. The minimum absolute atomic E-state index is 0.0350. The molecular formula is C16H17N3. The standard InChI is InChI=1S/C16H17N3/c1-19-10-9-18-16(19)11-15(17)14-8-4-6-12-5-2-3-7-13(12)14/h2-10,15H,11,17H2,1H3. The van der Waals surface area contributed by atoms with Crippen LogP contribution >= 0.6 is 0 Å². The van der Waals surface area contributed by atoms with E-state index in [0.717, 1.165) is 12.2 Å². The second kappa shape index (κ2) is 4.86. The quantitative estimate of drug-likeness (QED) is 0.778. The number of imidazole rings is 1. The molecule has 0 saturated heterocycles. The van der Waals surface area contributed by atoms with Crippen LogP contribution in [-0.4, -0.2) is 9.55 Å². The van der Waals surface area contributed by atoms with Crippen LogP contribution in [0.3, 0.4) is 0 Å². The normalized spacial score (nSPS) is 12.7. The van der Waals surface area contributed by atoms with E-state index in [1.54, 1.807) is 0 Å². The third-order valence-corrected chi connectivity index (χ3v) is 3.55. The fourth-order valence-electron chi connectivity index (χ4n) is 2.47. The second-order valence-electron chi connectivity index (χ2n) is 4.83. The van der Waals surface area contributed by atoms with Crippen LogP contribution in [0.2, 0.25) is 0 Å². The lowest BCUT2D eigenvalue weighted by Gasteiger charge is -2.14. The van der Waals surface area contributed by atoms with Crippen LogP contribution in [0.25, 0.3) is 10.8 Å². The monoisotopic (exact) mass is 251 g/mol. The minimum Gasteiger partial charge on any atom is -0.338 e. The van der Waals surface area contributed by atoms with E-state index in [9.17, 15) is 0 Å². The van der Waals surface area contributed by atoms with Crippen LogP contribution in [0.4, 0.5) is 0 Å². The summed E-state index contributed by atoms with van der Waals surface area (Å²) in [7, 11) is 2.00. The minimum atomic E-state index is -0.0350. The van der Waals surface area contributed by atoms with Gasteiger partial charge in [-0.25, -0.2) is 4.98 Å². The molecule has 2 aromatic carbocycles. The number of hydrogen-bond donors (Lipinski definition) is 1. The largest absolute Gasteiger partial charge is 0.338 e. The Hall–Kier alpha value is -2.13. The van der Waals surface area contributed by atoms with Gasteiger partial charge in [-0.1, -0.05) is 42.5 Å². The van der Waals surface area contributed by atoms with E-state index in [0.29, 0.717) is 0 Å². The number of nitrogens with two attached hydrogens (primary N) is 1. The molecule has 3 heteroatoms. The molecule has 0 amide bonds. The first-order valence-electron chi connectivity index (χ1n) is 6.45. The smallest absolute Gasteiger partial charge is 0.110 e. The van der Waals surface area contributed by atoms with Gasteiger partial charge in [-0.3, -0.25) is 0 Å². The molecule has 1 unspecified atom stereocenters. The predicted molar refractivity (Wildman–Crippen MR) is 77.8 cm³/mol. The van der Waals surface area contributed by atoms with Gasteiger partial charge in [0.1, 0.15) is 5.82 Å². The van der Waals surface area contributed by atoms with Crippen molar-refractivity contribution in [3.05, 3.63) is 66.2 Å². The number of fused-ring (bicyclic) bond motifs is 1. The average Bonchev–Trinajstić information content (AvgIpc) is 2.83. The van der Waals surface area contributed by atoms with Crippen molar-refractivity contribution in [2.75, 3.05) is 0 Å². The summed E-state index contributed by atoms with van der Waals surface area (Å²) in [4.78, 5) is 4.34. The summed E-state index contributed by atoms with van der Waals surface area (Å²) in [6, 6.07) is 14.6. The summed E-state index contributed by atoms with van der Waals surface area (Å²) in [5, 5.41) is 2.46. The molecule has 0 radical (unpaired) electrons. The molecule has 0 fully saturated rings. The van der Waals surface area contributed by atoms with Gasteiger partial charge in [0, 0.05) is 31.9 Å². The fourth-order valence-corrected chi connectivity index (χ4v) is 2.47. The summed E-state index contributed by atoms with van der Waals surface area (Å²) < 4.78 is 2.02. The molecule has 3 rings (SSSR count). The van der Waals surface area contributed by atoms with E-state index in [-0.39, 0.29) is 6.04 Å². The zero-order valence-electron chi connectivity index (χ0n) is 11.0. The van der Waals surface area contributed by atoms with Crippen LogP contribution in [0.15, 0.2) is 54.9 Å². The van der Waals surface area contributed by atoms with Crippen LogP contribution in [-0.2, 0) is 13.5 Å². The second-order valence-corrected chi connectivity index (χ2v) is 4.83. The molecule has 96 valence electrons. The van der Waals surface area contributed by atoms with E-state index >= 15 is 0 Å². The molecule has 0 saturated carbocycles. The SMILES string of the molecule is Cn1ccnc1CC(N)c1cccc2ccccc12. The van der Waals surface area contributed by atoms with Crippen molar-refractivity contribution in [3.8, 4) is 0 Å². The number of benzene rings is 2. The molecule has 2 N–H and O–H groups in total. The van der Waals surface area contributed by atoms with Crippen molar-refractivity contribution < 1.29 is 0 Å². The Labute approximate surface area is 112 Å². The Balaban J connectivity index is 1.98. The molecule has 3 aromatic rings. The predicted octanol–water partition coefficient (Wildman–Crippen LogP) is 2.82. The van der Waals surface area contributed by atoms with Gasteiger partial charge < -0.3 is 10.3 Å². The highest BCUT2D eigenvalue weighted by molar-refractivity contribution is 5.86. The maximum atomic E-state index is 6.37. The highest BCUT2D eigenvalue weighted by Crippen LogP contribution is 2.24. The molecular weight excluding hydrogens is 234 g/mol. The van der Waals surface area contributed by atoms with Crippen LogP contribution in [0, 0.1) is 0 Å². The van der Waals surface area contributed by atoms with E-state index < -0.39 is 0 Å². The molecule has 0 aliphatic rings. The third-order valence-electron chi connectivity index (χ3n) is 3.55. The first-order chi connectivity index (χ1) is 9.25. The van der Waals surface area contributed by atoms with Gasteiger partial charge in [-0.15, -0.1) is 0 Å². The molecule has 0 spiro atoms. The summed E-state index contributed by atoms with van der Waals surface area (Å²) in [5.41, 5.74) is 7.55. The van der Waals surface area contributed by atoms with Gasteiger partial charge in [0.15, 0.2) is 0 Å². The van der Waals surface area contributed by atoms with Gasteiger partial charge in [-0.05, 0) is 16.3 Å². The summed E-state index contributed by atoms with van der Waals surface area (Å²) in [6.45, 7) is 0. The van der Waals surface area contributed by atoms with E-state index in [2.05, 4.69) is 47.4 Å². The Morgan fingerprint density at radius 3 is 2.74 bits per heavy atom. The van der Waals surface area contributed by atoms with E-state index in [4.69, 9.17) is 5.73 Å². The van der Waals surface area contributed by atoms with Gasteiger partial charge in [0.25, 0.3) is 0 Å². The number of rotatable bonds is 3. The lowest BCUT2D eigenvalue weighted by Crippen LogP contribution is -2.16. The third kappa shape index (κ3) is 2.25. The molecule has 3 nitrogen and oxygen atoms in total. The summed E-state index contributed by atoms with van der Waals surface area (Å²) >= 11 is 0. The molecule has 0 bridgehead atoms. The summed E-state index contributed by atoms with van der Waals surface area (Å²) in [5.74, 6) is 1.01. The Morgan fingerprint density at radius 2 is 1.95 bits per heavy atom. The number of nitrogens with zero attached hydrogens (tertiary/aromatic N) is 2. The van der Waals surface area contributed by atoms with Gasteiger partial charge in [0.2, 0.25) is 0 Å². The Morgan fingerprint density at radius 1 is 1.16 bits per heavy atom. The molecule has 19 heavy (non-hydrogen) atoms. The lowest BCUT2D eigenvalue weighted by molar-refractivity contribution is 0.663. The first kappa shape index (κ1) is 11.9. The van der Waals surface area contributed by atoms with Crippen molar-refractivity contribution in [3.63, 3.8) is 0 Å². The highest BCUT2D eigenvalue weighted by Gasteiger charge is 2.12. The maximum Gasteiger partial charge on any atom is 0.110 e. The molecule has 0 aliphatic carbocycles. The molecule has 1 atom stereocenters. The average molecular weight is 251 g/mol. The zero-order valence-corrected chi connectivity index (χ0v) is 11.0. The van der Waals surface area contributed by atoms with Crippen molar-refractivity contribution in [1.29, 1.82) is 0 Å². The molecule has 1 aromatic heterocycles. The molecule has 0 aliphatic heterocycles. The van der Waals surface area contributed by atoms with Crippen molar-refractivity contribution in [2.24, 2.45) is 12.8 Å². The highest BCUT2D eigenvalue weighted by atomic mass is 15.0. The van der Waals surface area contributed by atoms with E-state index in [1.807, 2.05) is 24.0 Å². The van der Waals surface area contributed by atoms with Gasteiger partial charge >= 0.3 is 0 Å². The van der Waals surface area contributed by atoms with Crippen molar-refractivity contribution in [2.45, 2.75) is 12.5 Å². The topological polar surface area (TPSA) is 43.8 Å². The fraction of sp³-hybridized carbons (Fsp3) is 0.188. The van der Waals surface area contributed by atoms with Crippen LogP contribution in [0.1, 0.15) is 17.4 Å². The van der Waals surface area contributed by atoms with Crippen molar-refractivity contribution in [1.82, 2.24) is 9.55 Å². The molecule has 1 heterocycles. The Bertz CT molecular complexity index is 695. The summed E-state index contributed by atoms with van der Waals surface area (Å²) in [6.07, 6.45) is 4.51. The maximum absolute atomic E-state index is 6.37. The Kier molecular flexibility index (Phi) is 3.05. The first-order valence-corrected chi connectivity index (χ1v) is 6.45.